The molecule has 1 atom stereocenters. The molecular formula is C27H38N4O5S. The summed E-state index contributed by atoms with van der Waals surface area (Å²) in [7, 11) is 2.14. The lowest BCUT2D eigenvalue weighted by Crippen LogP contribution is -2.36. The van der Waals surface area contributed by atoms with E-state index in [2.05, 4.69) is 43.2 Å². The molecule has 0 bridgehead atoms. The Morgan fingerprint density at radius 3 is 2.68 bits per heavy atom. The third kappa shape index (κ3) is 7.16. The Hall–Kier alpha value is -2.79. The second-order valence-electron chi connectivity index (χ2n) is 9.33. The number of hydrogen-bond donors (Lipinski definition) is 3. The van der Waals surface area contributed by atoms with Crippen molar-refractivity contribution in [2.45, 2.75) is 60.1 Å². The molecule has 37 heavy (non-hydrogen) atoms. The topological polar surface area (TPSA) is 121 Å². The molecule has 3 rings (SSSR count). The monoisotopic (exact) mass is 530 g/mol. The van der Waals surface area contributed by atoms with E-state index in [1.807, 2.05) is 26.0 Å². The molecule has 2 heterocycles. The lowest BCUT2D eigenvalue weighted by Gasteiger charge is -2.17. The minimum absolute atomic E-state index is 0.00182. The Balaban J connectivity index is 1.78. The van der Waals surface area contributed by atoms with Crippen molar-refractivity contribution in [3.63, 3.8) is 0 Å². The second kappa shape index (κ2) is 13.1. The van der Waals surface area contributed by atoms with E-state index < -0.39 is 18.6 Å². The predicted molar refractivity (Wildman–Crippen MR) is 145 cm³/mol. The van der Waals surface area contributed by atoms with E-state index in [0.29, 0.717) is 23.9 Å². The highest BCUT2D eigenvalue weighted by molar-refractivity contribution is 7.15. The van der Waals surface area contributed by atoms with E-state index in [-0.39, 0.29) is 13.2 Å². The van der Waals surface area contributed by atoms with Crippen LogP contribution in [0.15, 0.2) is 16.7 Å². The molecule has 9 nitrogen and oxygen atoms in total. The number of aliphatic hydroxyl groups is 2. The predicted octanol–water partition coefficient (Wildman–Crippen LogP) is 3.64. The van der Waals surface area contributed by atoms with Crippen molar-refractivity contribution in [3.05, 3.63) is 39.3 Å². The zero-order valence-electron chi connectivity index (χ0n) is 22.6. The van der Waals surface area contributed by atoms with Gasteiger partial charge in [0.2, 0.25) is 11.7 Å². The molecule has 0 aliphatic carbocycles. The molecule has 2 aromatic heterocycles. The van der Waals surface area contributed by atoms with E-state index in [9.17, 15) is 9.90 Å². The van der Waals surface area contributed by atoms with Gasteiger partial charge in [-0.2, -0.15) is 4.98 Å². The number of carbonyl (C=O) groups is 1. The van der Waals surface area contributed by atoms with Crippen LogP contribution in [0.5, 0.6) is 5.75 Å². The lowest BCUT2D eigenvalue weighted by molar-refractivity contribution is -0.124. The minimum Gasteiger partial charge on any atom is -0.490 e. The zero-order chi connectivity index (χ0) is 27.1. The highest BCUT2D eigenvalue weighted by Crippen LogP contribution is 2.37. The van der Waals surface area contributed by atoms with Crippen LogP contribution in [0.1, 0.15) is 47.4 Å². The van der Waals surface area contributed by atoms with Crippen molar-refractivity contribution in [2.24, 2.45) is 0 Å². The summed E-state index contributed by atoms with van der Waals surface area (Å²) in [5.74, 6) is 1.18. The number of ether oxygens (including phenoxy) is 1. The van der Waals surface area contributed by atoms with Gasteiger partial charge in [-0.25, -0.2) is 0 Å². The number of nitrogens with zero attached hydrogens (tertiary/aromatic N) is 3. The standard InChI is InChI=1S/C27H38N4O5S/c1-7-9-31(6)13-22-17(4)18(5)25(37-22)27-29-26(30-36-27)20-10-16(3)24(19(8-2)11-20)35-15-21(33)12-28-23(34)14-32/h10-11,21,32-33H,7-9,12-15H2,1-6H3,(H,28,34)/t21-/m0/s1. The summed E-state index contributed by atoms with van der Waals surface area (Å²) < 4.78 is 11.6. The Morgan fingerprint density at radius 2 is 2.00 bits per heavy atom. The number of aryl methyl sites for hydroxylation is 2. The summed E-state index contributed by atoms with van der Waals surface area (Å²) >= 11 is 1.71. The van der Waals surface area contributed by atoms with Crippen LogP contribution in [0.2, 0.25) is 0 Å². The fraction of sp³-hybridized carbons (Fsp3) is 0.519. The molecule has 0 saturated carbocycles. The molecule has 0 saturated heterocycles. The number of benzene rings is 1. The first-order valence-electron chi connectivity index (χ1n) is 12.6. The first-order chi connectivity index (χ1) is 17.7. The molecule has 0 spiro atoms. The van der Waals surface area contributed by atoms with Crippen LogP contribution in [0.4, 0.5) is 0 Å². The normalized spacial score (nSPS) is 12.2. The quantitative estimate of drug-likeness (QED) is 0.306. The van der Waals surface area contributed by atoms with Gasteiger partial charge in [0.05, 0.1) is 4.88 Å². The molecule has 0 fully saturated rings. The van der Waals surface area contributed by atoms with Crippen LogP contribution in [0.3, 0.4) is 0 Å². The molecule has 3 N–H and O–H groups in total. The Morgan fingerprint density at radius 1 is 1.24 bits per heavy atom. The third-order valence-electron chi connectivity index (χ3n) is 6.27. The lowest BCUT2D eigenvalue weighted by atomic mass is 10.0. The highest BCUT2D eigenvalue weighted by Gasteiger charge is 2.21. The maximum absolute atomic E-state index is 11.2. The van der Waals surface area contributed by atoms with Gasteiger partial charge in [-0.05, 0) is 81.6 Å². The van der Waals surface area contributed by atoms with Crippen LogP contribution >= 0.6 is 11.3 Å². The summed E-state index contributed by atoms with van der Waals surface area (Å²) in [5.41, 5.74) is 5.12. The SMILES string of the molecule is CCCN(C)Cc1sc(-c2nc(-c3cc(C)c(OC[C@@H](O)CNC(=O)CO)c(CC)c3)no2)c(C)c1C. The number of amides is 1. The molecular weight excluding hydrogens is 492 g/mol. The Labute approximate surface area is 222 Å². The van der Waals surface area contributed by atoms with Crippen molar-refractivity contribution in [1.29, 1.82) is 0 Å². The third-order valence-corrected chi connectivity index (χ3v) is 7.64. The number of thiophene rings is 1. The average molecular weight is 531 g/mol. The molecule has 0 unspecified atom stereocenters. The number of nitrogens with one attached hydrogen (secondary N) is 1. The molecule has 0 radical (unpaired) electrons. The van der Waals surface area contributed by atoms with E-state index >= 15 is 0 Å². The van der Waals surface area contributed by atoms with Crippen LogP contribution in [-0.4, -0.2) is 70.6 Å². The summed E-state index contributed by atoms with van der Waals surface area (Å²) in [6.45, 7) is 11.7. The number of aliphatic hydroxyl groups excluding tert-OH is 2. The van der Waals surface area contributed by atoms with Crippen LogP contribution in [-0.2, 0) is 17.8 Å². The average Bonchev–Trinajstić information content (AvgIpc) is 3.47. The van der Waals surface area contributed by atoms with E-state index in [1.54, 1.807) is 11.3 Å². The summed E-state index contributed by atoms with van der Waals surface area (Å²) in [5, 5.41) is 25.6. The van der Waals surface area contributed by atoms with E-state index in [1.165, 1.54) is 16.0 Å². The van der Waals surface area contributed by atoms with Crippen LogP contribution in [0, 0.1) is 20.8 Å². The van der Waals surface area contributed by atoms with Gasteiger partial charge in [0, 0.05) is 23.5 Å². The van der Waals surface area contributed by atoms with Gasteiger partial charge in [0.15, 0.2) is 0 Å². The molecule has 0 aliphatic heterocycles. The Kier molecular flexibility index (Phi) is 10.2. The Bertz CT molecular complexity index is 1210. The van der Waals surface area contributed by atoms with Crippen molar-refractivity contribution < 1.29 is 24.3 Å². The van der Waals surface area contributed by atoms with Gasteiger partial charge in [-0.1, -0.05) is 19.0 Å². The molecule has 10 heteroatoms. The summed E-state index contributed by atoms with van der Waals surface area (Å²) in [6.07, 6.45) is 0.930. The fourth-order valence-electron chi connectivity index (χ4n) is 4.12. The maximum Gasteiger partial charge on any atom is 0.268 e. The number of hydrogen-bond acceptors (Lipinski definition) is 9. The first-order valence-corrected chi connectivity index (χ1v) is 13.4. The molecule has 1 aromatic carbocycles. The van der Waals surface area contributed by atoms with Gasteiger partial charge in [0.1, 0.15) is 25.1 Å². The van der Waals surface area contributed by atoms with Gasteiger partial charge in [-0.15, -0.1) is 11.3 Å². The van der Waals surface area contributed by atoms with Crippen molar-refractivity contribution >= 4 is 17.2 Å². The van der Waals surface area contributed by atoms with E-state index in [0.717, 1.165) is 41.1 Å². The summed E-state index contributed by atoms with van der Waals surface area (Å²) in [4.78, 5) is 20.5. The molecule has 202 valence electrons. The minimum atomic E-state index is -0.900. The fourth-order valence-corrected chi connectivity index (χ4v) is 5.43. The van der Waals surface area contributed by atoms with Gasteiger partial charge in [0.25, 0.3) is 5.89 Å². The zero-order valence-corrected chi connectivity index (χ0v) is 23.4. The highest BCUT2D eigenvalue weighted by atomic mass is 32.1. The first kappa shape index (κ1) is 28.8. The number of rotatable bonds is 13. The van der Waals surface area contributed by atoms with Crippen LogP contribution in [0.25, 0.3) is 22.2 Å². The van der Waals surface area contributed by atoms with Crippen molar-refractivity contribution in [1.82, 2.24) is 20.4 Å². The second-order valence-corrected chi connectivity index (χ2v) is 10.4. The smallest absolute Gasteiger partial charge is 0.268 e. The molecule has 0 aliphatic rings. The van der Waals surface area contributed by atoms with Crippen molar-refractivity contribution in [3.8, 4) is 27.9 Å². The van der Waals surface area contributed by atoms with Gasteiger partial charge < -0.3 is 29.7 Å². The summed E-state index contributed by atoms with van der Waals surface area (Å²) in [6, 6.07) is 3.93. The van der Waals surface area contributed by atoms with E-state index in [4.69, 9.17) is 19.4 Å². The van der Waals surface area contributed by atoms with Gasteiger partial charge >= 0.3 is 0 Å². The molecule has 3 aromatic rings. The molecule has 1 amide bonds. The number of carbonyl (C=O) groups excluding carboxylic acids is 1. The van der Waals surface area contributed by atoms with Crippen LogP contribution < -0.4 is 10.1 Å². The maximum atomic E-state index is 11.2. The largest absolute Gasteiger partial charge is 0.490 e. The van der Waals surface area contributed by atoms with Gasteiger partial charge in [-0.3, -0.25) is 4.79 Å². The number of aromatic nitrogens is 2. The van der Waals surface area contributed by atoms with Crippen molar-refractivity contribution in [2.75, 3.05) is 33.4 Å².